The Morgan fingerprint density at radius 1 is 1.38 bits per heavy atom. The van der Waals surface area contributed by atoms with Gasteiger partial charge in [0.25, 0.3) is 0 Å². The molecular weight excluding hydrogens is 160 g/mol. The topological polar surface area (TPSA) is 17.8 Å². The van der Waals surface area contributed by atoms with Gasteiger partial charge >= 0.3 is 0 Å². The zero-order chi connectivity index (χ0) is 10.1. The molecule has 0 aliphatic carbocycles. The standard InChI is InChI=1S/C11H20N2/c1-6-7-13-10(11(3,4)5)8-9(2)12-13/h8H,6-7H2,1-5H3. The van der Waals surface area contributed by atoms with Gasteiger partial charge in [-0.05, 0) is 19.4 Å². The first-order valence-electron chi connectivity index (χ1n) is 5.00. The minimum Gasteiger partial charge on any atom is -0.269 e. The van der Waals surface area contributed by atoms with Gasteiger partial charge in [0.15, 0.2) is 0 Å². The Labute approximate surface area is 81.0 Å². The number of hydrogen-bond donors (Lipinski definition) is 0. The molecule has 0 spiro atoms. The van der Waals surface area contributed by atoms with Gasteiger partial charge < -0.3 is 0 Å². The largest absolute Gasteiger partial charge is 0.269 e. The van der Waals surface area contributed by atoms with Crippen LogP contribution in [0.25, 0.3) is 0 Å². The second-order valence-electron chi connectivity index (χ2n) is 4.64. The molecule has 0 atom stereocenters. The summed E-state index contributed by atoms with van der Waals surface area (Å²) in [5.74, 6) is 0. The predicted molar refractivity (Wildman–Crippen MR) is 56.0 cm³/mol. The van der Waals surface area contributed by atoms with Crippen molar-refractivity contribution in [2.24, 2.45) is 0 Å². The number of aromatic nitrogens is 2. The summed E-state index contributed by atoms with van der Waals surface area (Å²) in [5, 5.41) is 4.48. The lowest BCUT2D eigenvalue weighted by Gasteiger charge is -2.19. The molecule has 2 nitrogen and oxygen atoms in total. The predicted octanol–water partition coefficient (Wildman–Crippen LogP) is 2.90. The van der Waals surface area contributed by atoms with Gasteiger partial charge in [-0.2, -0.15) is 5.10 Å². The van der Waals surface area contributed by atoms with Crippen LogP contribution in [0.4, 0.5) is 0 Å². The Morgan fingerprint density at radius 2 is 2.00 bits per heavy atom. The Hall–Kier alpha value is -0.790. The van der Waals surface area contributed by atoms with E-state index in [1.54, 1.807) is 0 Å². The molecule has 13 heavy (non-hydrogen) atoms. The third-order valence-electron chi connectivity index (χ3n) is 2.11. The summed E-state index contributed by atoms with van der Waals surface area (Å²) in [7, 11) is 0. The van der Waals surface area contributed by atoms with E-state index in [0.29, 0.717) is 0 Å². The molecule has 0 saturated carbocycles. The van der Waals surface area contributed by atoms with Crippen LogP contribution in [0.15, 0.2) is 6.07 Å². The Kier molecular flexibility index (Phi) is 2.79. The molecule has 0 radical (unpaired) electrons. The van der Waals surface area contributed by atoms with Gasteiger partial charge in [0.2, 0.25) is 0 Å². The normalized spacial score (nSPS) is 12.1. The summed E-state index contributed by atoms with van der Waals surface area (Å²) < 4.78 is 2.13. The molecule has 0 saturated heterocycles. The van der Waals surface area contributed by atoms with Crippen LogP contribution in [0, 0.1) is 6.92 Å². The molecule has 0 N–H and O–H groups in total. The number of nitrogens with zero attached hydrogens (tertiary/aromatic N) is 2. The van der Waals surface area contributed by atoms with Crippen molar-refractivity contribution in [3.63, 3.8) is 0 Å². The fourth-order valence-corrected chi connectivity index (χ4v) is 1.53. The molecule has 1 aromatic heterocycles. The quantitative estimate of drug-likeness (QED) is 0.684. The third-order valence-corrected chi connectivity index (χ3v) is 2.11. The molecule has 0 amide bonds. The van der Waals surface area contributed by atoms with Crippen molar-refractivity contribution in [3.05, 3.63) is 17.5 Å². The Bertz CT molecular complexity index is 279. The molecule has 0 bridgehead atoms. The second-order valence-corrected chi connectivity index (χ2v) is 4.64. The Morgan fingerprint density at radius 3 is 2.46 bits per heavy atom. The lowest BCUT2D eigenvalue weighted by atomic mass is 9.92. The molecule has 0 unspecified atom stereocenters. The van der Waals surface area contributed by atoms with Crippen LogP contribution in [0.3, 0.4) is 0 Å². The summed E-state index contributed by atoms with van der Waals surface area (Å²) in [6.45, 7) is 12.0. The van der Waals surface area contributed by atoms with E-state index in [2.05, 4.69) is 50.5 Å². The average Bonchev–Trinajstić information content (AvgIpc) is 2.30. The highest BCUT2D eigenvalue weighted by Crippen LogP contribution is 2.22. The first-order valence-corrected chi connectivity index (χ1v) is 5.00. The maximum atomic E-state index is 4.48. The van der Waals surface area contributed by atoms with E-state index in [-0.39, 0.29) is 5.41 Å². The third kappa shape index (κ3) is 2.33. The van der Waals surface area contributed by atoms with Crippen LogP contribution in [0.1, 0.15) is 45.5 Å². The molecule has 0 aliphatic heterocycles. The molecule has 0 aliphatic rings. The SMILES string of the molecule is CCCn1nc(C)cc1C(C)(C)C. The van der Waals surface area contributed by atoms with Crippen LogP contribution in [0.5, 0.6) is 0 Å². The highest BCUT2D eigenvalue weighted by Gasteiger charge is 2.19. The van der Waals surface area contributed by atoms with E-state index >= 15 is 0 Å². The van der Waals surface area contributed by atoms with E-state index in [1.165, 1.54) is 5.69 Å². The minimum atomic E-state index is 0.205. The maximum Gasteiger partial charge on any atom is 0.0596 e. The molecule has 0 fully saturated rings. The van der Waals surface area contributed by atoms with E-state index in [9.17, 15) is 0 Å². The number of hydrogen-bond acceptors (Lipinski definition) is 1. The van der Waals surface area contributed by atoms with E-state index < -0.39 is 0 Å². The van der Waals surface area contributed by atoms with Crippen LogP contribution in [-0.2, 0) is 12.0 Å². The van der Waals surface area contributed by atoms with Gasteiger partial charge in [-0.15, -0.1) is 0 Å². The van der Waals surface area contributed by atoms with Crippen molar-refractivity contribution in [1.82, 2.24) is 9.78 Å². The number of aryl methyl sites for hydroxylation is 2. The van der Waals surface area contributed by atoms with Crippen LogP contribution in [0.2, 0.25) is 0 Å². The zero-order valence-electron chi connectivity index (χ0n) is 9.39. The van der Waals surface area contributed by atoms with Crippen molar-refractivity contribution >= 4 is 0 Å². The minimum absolute atomic E-state index is 0.205. The first kappa shape index (κ1) is 10.3. The van der Waals surface area contributed by atoms with Gasteiger partial charge in [0.05, 0.1) is 5.69 Å². The molecule has 2 heteroatoms. The van der Waals surface area contributed by atoms with Gasteiger partial charge in [-0.3, -0.25) is 4.68 Å². The highest BCUT2D eigenvalue weighted by atomic mass is 15.3. The van der Waals surface area contributed by atoms with Crippen molar-refractivity contribution in [2.45, 2.75) is 53.0 Å². The summed E-state index contributed by atoms with van der Waals surface area (Å²) >= 11 is 0. The van der Waals surface area contributed by atoms with E-state index in [1.807, 2.05) is 0 Å². The number of rotatable bonds is 2. The van der Waals surface area contributed by atoms with Crippen molar-refractivity contribution in [2.75, 3.05) is 0 Å². The monoisotopic (exact) mass is 180 g/mol. The fraction of sp³-hybridized carbons (Fsp3) is 0.727. The lowest BCUT2D eigenvalue weighted by molar-refractivity contribution is 0.481. The fourth-order valence-electron chi connectivity index (χ4n) is 1.53. The van der Waals surface area contributed by atoms with Crippen molar-refractivity contribution < 1.29 is 0 Å². The molecule has 74 valence electrons. The second kappa shape index (κ2) is 3.52. The summed E-state index contributed by atoms with van der Waals surface area (Å²) in [6.07, 6.45) is 1.14. The lowest BCUT2D eigenvalue weighted by Crippen LogP contribution is -2.18. The molecule has 1 rings (SSSR count). The van der Waals surface area contributed by atoms with Crippen molar-refractivity contribution in [3.8, 4) is 0 Å². The van der Waals surface area contributed by atoms with Gasteiger partial charge in [0.1, 0.15) is 0 Å². The van der Waals surface area contributed by atoms with Gasteiger partial charge in [-0.1, -0.05) is 27.7 Å². The molecule has 1 aromatic rings. The van der Waals surface area contributed by atoms with E-state index in [4.69, 9.17) is 0 Å². The summed E-state index contributed by atoms with van der Waals surface area (Å²) in [6, 6.07) is 2.19. The van der Waals surface area contributed by atoms with Crippen molar-refractivity contribution in [1.29, 1.82) is 0 Å². The average molecular weight is 180 g/mol. The highest BCUT2D eigenvalue weighted by molar-refractivity contribution is 5.17. The van der Waals surface area contributed by atoms with Crippen LogP contribution < -0.4 is 0 Å². The van der Waals surface area contributed by atoms with Crippen LogP contribution >= 0.6 is 0 Å². The smallest absolute Gasteiger partial charge is 0.0596 e. The summed E-state index contributed by atoms with van der Waals surface area (Å²) in [5.41, 5.74) is 2.67. The maximum absolute atomic E-state index is 4.48. The van der Waals surface area contributed by atoms with Gasteiger partial charge in [-0.25, -0.2) is 0 Å². The molecule has 0 aromatic carbocycles. The molecular formula is C11H20N2. The molecule has 1 heterocycles. The Balaban J connectivity index is 3.04. The summed E-state index contributed by atoms with van der Waals surface area (Å²) in [4.78, 5) is 0. The van der Waals surface area contributed by atoms with Gasteiger partial charge in [0, 0.05) is 17.7 Å². The first-order chi connectivity index (χ1) is 5.95. The van der Waals surface area contributed by atoms with Crippen LogP contribution in [-0.4, -0.2) is 9.78 Å². The van der Waals surface area contributed by atoms with E-state index in [0.717, 1.165) is 18.7 Å². The zero-order valence-corrected chi connectivity index (χ0v) is 9.39.